The van der Waals surface area contributed by atoms with Crippen molar-refractivity contribution in [2.45, 2.75) is 439 Å². The summed E-state index contributed by atoms with van der Waals surface area (Å²) in [4.78, 5) is 38.7. The van der Waals surface area contributed by atoms with Crippen LogP contribution in [0.5, 0.6) is 0 Å². The lowest BCUT2D eigenvalue weighted by Crippen LogP contribution is -2.70. The number of hydrogen-bond acceptors (Lipinski definition) is 20. The quantitative estimate of drug-likeness (QED) is 0.0199. The highest BCUT2D eigenvalue weighted by molar-refractivity contribution is 5.77. The normalized spacial score (nSPS) is 26.6. The van der Waals surface area contributed by atoms with E-state index in [4.69, 9.17) is 28.4 Å². The Kier molecular flexibility index (Phi) is 54.2. The number of carbonyl (C=O) groups excluding carboxylic acids is 2. The van der Waals surface area contributed by atoms with Crippen LogP contribution in [0.15, 0.2) is 24.3 Å². The van der Waals surface area contributed by atoms with Crippen LogP contribution >= 0.6 is 0 Å². The second kappa shape index (κ2) is 59.1. The summed E-state index contributed by atoms with van der Waals surface area (Å²) in [6.45, 7) is 2.25. The molecule has 0 spiro atoms. The van der Waals surface area contributed by atoms with Crippen LogP contribution in [0.4, 0.5) is 0 Å². The Bertz CT molecular complexity index is 2150. The zero-order valence-corrected chi connectivity index (χ0v) is 63.9. The van der Waals surface area contributed by atoms with Gasteiger partial charge in [0.2, 0.25) is 11.8 Å². The topological polar surface area (TPSA) is 373 Å². The molecular formula is C80H148N2O21. The first-order chi connectivity index (χ1) is 49.9. The average Bonchev–Trinajstić information content (AvgIpc) is 0.754. The van der Waals surface area contributed by atoms with Crippen molar-refractivity contribution in [3.05, 3.63) is 24.3 Å². The fourth-order valence-corrected chi connectivity index (χ4v) is 14.4. The third-order valence-corrected chi connectivity index (χ3v) is 20.9. The van der Waals surface area contributed by atoms with E-state index in [1.807, 2.05) is 0 Å². The summed E-state index contributed by atoms with van der Waals surface area (Å²) in [5.74, 6) is -6.10. The Hall–Kier alpha value is -2.79. The van der Waals surface area contributed by atoms with Gasteiger partial charge in [-0.05, 0) is 44.9 Å². The number of amides is 2. The fourth-order valence-electron chi connectivity index (χ4n) is 14.4. The van der Waals surface area contributed by atoms with Crippen molar-refractivity contribution in [1.29, 1.82) is 0 Å². The van der Waals surface area contributed by atoms with E-state index >= 15 is 0 Å². The third kappa shape index (κ3) is 39.4. The third-order valence-electron chi connectivity index (χ3n) is 20.9. The number of ether oxygens (including phenoxy) is 6. The van der Waals surface area contributed by atoms with Crippen molar-refractivity contribution < 1.29 is 104 Å². The molecule has 3 saturated heterocycles. The van der Waals surface area contributed by atoms with Gasteiger partial charge in [-0.15, -0.1) is 0 Å². The van der Waals surface area contributed by atoms with Crippen molar-refractivity contribution in [2.75, 3.05) is 26.4 Å². The summed E-state index contributed by atoms with van der Waals surface area (Å²) < 4.78 is 35.0. The number of aliphatic hydroxyl groups excluding tert-OH is 11. The van der Waals surface area contributed by atoms with Crippen molar-refractivity contribution in [3.63, 3.8) is 0 Å². The molecule has 2 amide bonds. The van der Waals surface area contributed by atoms with Crippen molar-refractivity contribution >= 4 is 17.8 Å². The fraction of sp³-hybridized carbons (Fsp3) is 0.912. The van der Waals surface area contributed by atoms with Crippen molar-refractivity contribution in [1.82, 2.24) is 10.6 Å². The second-order valence-electron chi connectivity index (χ2n) is 30.0. The van der Waals surface area contributed by atoms with Crippen LogP contribution in [0.1, 0.15) is 329 Å². The van der Waals surface area contributed by atoms with Gasteiger partial charge in [0.1, 0.15) is 67.1 Å². The van der Waals surface area contributed by atoms with Crippen LogP contribution in [0.2, 0.25) is 0 Å². The number of nitrogens with one attached hydrogen (secondary N) is 2. The van der Waals surface area contributed by atoms with Gasteiger partial charge >= 0.3 is 5.97 Å². The molecule has 0 saturated carbocycles. The number of carboxylic acids is 1. The van der Waals surface area contributed by atoms with Crippen molar-refractivity contribution in [2.24, 2.45) is 0 Å². The molecule has 0 aliphatic carbocycles. The number of unbranched alkanes of at least 4 members (excludes halogenated alkanes) is 41. The Labute approximate surface area is 619 Å². The van der Waals surface area contributed by atoms with Crippen LogP contribution < -0.4 is 10.6 Å². The van der Waals surface area contributed by atoms with Gasteiger partial charge in [-0.25, -0.2) is 4.79 Å². The summed E-state index contributed by atoms with van der Waals surface area (Å²) in [5.41, 5.74) is 0. The van der Waals surface area contributed by atoms with Crippen LogP contribution in [0, 0.1) is 0 Å². The van der Waals surface area contributed by atoms with E-state index in [0.717, 1.165) is 71.1 Å². The average molecular weight is 1470 g/mol. The summed E-state index contributed by atoms with van der Waals surface area (Å²) in [7, 11) is 0. The molecule has 0 aromatic rings. The number of allylic oxidation sites excluding steroid dienone is 4. The first kappa shape index (κ1) is 94.4. The Morgan fingerprint density at radius 1 is 0.505 bits per heavy atom. The van der Waals surface area contributed by atoms with E-state index in [1.54, 1.807) is 0 Å². The number of aliphatic carboxylic acids is 1. The lowest BCUT2D eigenvalue weighted by atomic mass is 9.88. The molecule has 0 aromatic heterocycles. The van der Waals surface area contributed by atoms with Gasteiger partial charge in [0, 0.05) is 19.8 Å². The van der Waals surface area contributed by atoms with Gasteiger partial charge in [-0.3, -0.25) is 9.59 Å². The summed E-state index contributed by atoms with van der Waals surface area (Å²) in [6, 6.07) is -2.54. The number of carbonyl (C=O) groups is 3. The Morgan fingerprint density at radius 3 is 1.36 bits per heavy atom. The molecule has 0 radical (unpaired) electrons. The molecular weight excluding hydrogens is 1320 g/mol. The lowest BCUT2D eigenvalue weighted by molar-refractivity contribution is -0.386. The highest BCUT2D eigenvalue weighted by Gasteiger charge is 2.60. The molecule has 3 aliphatic heterocycles. The molecule has 3 fully saturated rings. The largest absolute Gasteiger partial charge is 0.477 e. The molecule has 103 heavy (non-hydrogen) atoms. The summed E-state index contributed by atoms with van der Waals surface area (Å²) in [5, 5.41) is 137. The SMILES string of the molecule is CCCCCCCCCCC/C=C\C/C=C\CCCCCCCCCCCC(=O)NC(COC1OC(CO)C(OC2OC(CO)C(O)C(OC3(C(=O)O)CC(O)C(NC(C)=O)C(C(O)C(O)CO)O3)C2O)C(O)C1O)C(O)CCCCCCCCCCCCCCCCCCCCCCCCCC. The zero-order chi connectivity index (χ0) is 75.3. The van der Waals surface area contributed by atoms with Gasteiger partial charge in [0.15, 0.2) is 12.6 Å². The maximum Gasteiger partial charge on any atom is 0.364 e. The molecule has 18 unspecified atom stereocenters. The van der Waals surface area contributed by atoms with Gasteiger partial charge in [0.05, 0.1) is 50.7 Å². The molecule has 0 aromatic carbocycles. The van der Waals surface area contributed by atoms with Gasteiger partial charge in [-0.1, -0.05) is 289 Å². The molecule has 3 heterocycles. The smallest absolute Gasteiger partial charge is 0.364 e. The number of aliphatic hydroxyl groups is 11. The second-order valence-corrected chi connectivity index (χ2v) is 30.0. The van der Waals surface area contributed by atoms with E-state index in [2.05, 4.69) is 48.8 Å². The molecule has 3 aliphatic rings. The molecule has 18 atom stereocenters. The van der Waals surface area contributed by atoms with Crippen LogP contribution in [0.3, 0.4) is 0 Å². The first-order valence-corrected chi connectivity index (χ1v) is 41.2. The minimum Gasteiger partial charge on any atom is -0.477 e. The maximum absolute atomic E-state index is 13.6. The molecule has 14 N–H and O–H groups in total. The standard InChI is InChI=1S/C80H148N2O21/c1-4-6-8-10-12-14-16-18-20-22-24-26-28-30-32-34-36-38-40-42-44-46-48-50-52-54-67(90)82-61(62(87)53-51-49-47-45-43-41-39-37-35-33-31-29-27-25-23-21-19-17-15-13-11-9-7-5-2)59-98-77-72(94)71(93)74(66(58-85)100-77)101-78-73(95)76(70(92)65(57-84)99-78)103-80(79(96)97)55-63(88)68(81-60(3)86)75(102-80)69(91)64(89)56-83/h24,26,30,32,61-66,68-78,83-85,87-89,91-95H,4-23,25,27-29,31,33-59H2,1-3H3,(H,81,86)(H,82,90)(H,96,97)/b26-24-,32-30-. The highest BCUT2D eigenvalue weighted by atomic mass is 16.8. The van der Waals surface area contributed by atoms with E-state index < -0.39 is 148 Å². The Balaban J connectivity index is 1.51. The molecule has 3 rings (SSSR count). The highest BCUT2D eigenvalue weighted by Crippen LogP contribution is 2.39. The van der Waals surface area contributed by atoms with E-state index in [9.17, 15) is 75.7 Å². The first-order valence-electron chi connectivity index (χ1n) is 41.2. The van der Waals surface area contributed by atoms with Crippen LogP contribution in [-0.2, 0) is 42.8 Å². The van der Waals surface area contributed by atoms with Crippen LogP contribution in [0.25, 0.3) is 0 Å². The number of carboxylic acid groups (broad SMARTS) is 1. The molecule has 604 valence electrons. The summed E-state index contributed by atoms with van der Waals surface area (Å²) >= 11 is 0. The summed E-state index contributed by atoms with van der Waals surface area (Å²) in [6.07, 6.45) is 35.9. The Morgan fingerprint density at radius 2 is 0.932 bits per heavy atom. The van der Waals surface area contributed by atoms with E-state index in [0.29, 0.717) is 19.3 Å². The van der Waals surface area contributed by atoms with Gasteiger partial charge < -0.3 is 100 Å². The van der Waals surface area contributed by atoms with Crippen LogP contribution in [-0.4, -0.2) is 215 Å². The minimum atomic E-state index is -3.08. The lowest BCUT2D eigenvalue weighted by Gasteiger charge is -2.50. The monoisotopic (exact) mass is 1470 g/mol. The number of hydrogen-bond donors (Lipinski definition) is 14. The predicted octanol–water partition coefficient (Wildman–Crippen LogP) is 11.1. The molecule has 0 bridgehead atoms. The minimum absolute atomic E-state index is 0.219. The molecule has 23 nitrogen and oxygen atoms in total. The maximum atomic E-state index is 13.6. The van der Waals surface area contributed by atoms with E-state index in [1.165, 1.54) is 212 Å². The predicted molar refractivity (Wildman–Crippen MR) is 398 cm³/mol. The number of rotatable bonds is 65. The van der Waals surface area contributed by atoms with E-state index in [-0.39, 0.29) is 18.9 Å². The van der Waals surface area contributed by atoms with Gasteiger partial charge in [-0.2, -0.15) is 0 Å². The van der Waals surface area contributed by atoms with Crippen molar-refractivity contribution in [3.8, 4) is 0 Å². The molecule has 23 heteroatoms. The van der Waals surface area contributed by atoms with Gasteiger partial charge in [0.25, 0.3) is 5.79 Å². The zero-order valence-electron chi connectivity index (χ0n) is 63.9.